The van der Waals surface area contributed by atoms with Gasteiger partial charge in [-0.05, 0) is 41.4 Å². The van der Waals surface area contributed by atoms with Gasteiger partial charge in [-0.1, -0.05) is 17.7 Å². The van der Waals surface area contributed by atoms with Crippen LogP contribution < -0.4 is 5.43 Å². The summed E-state index contributed by atoms with van der Waals surface area (Å²) in [5.41, 5.74) is 5.99. The summed E-state index contributed by atoms with van der Waals surface area (Å²) >= 11 is 7.65. The zero-order valence-electron chi connectivity index (χ0n) is 8.77. The van der Waals surface area contributed by atoms with Crippen molar-refractivity contribution in [2.24, 2.45) is 5.10 Å². The first kappa shape index (κ1) is 11.2. The maximum Gasteiger partial charge on any atom is 0.0576 e. The summed E-state index contributed by atoms with van der Waals surface area (Å²) in [6, 6.07) is 7.79. The summed E-state index contributed by atoms with van der Waals surface area (Å²) in [4.78, 5) is 0. The van der Waals surface area contributed by atoms with Crippen LogP contribution >= 0.6 is 22.9 Å². The molecular formula is C12H11ClN2S. The number of anilines is 1. The molecule has 0 unspecified atom stereocenters. The van der Waals surface area contributed by atoms with Crippen molar-refractivity contribution in [1.82, 2.24) is 0 Å². The number of aryl methyl sites for hydroxylation is 1. The molecule has 2 nitrogen and oxygen atoms in total. The van der Waals surface area contributed by atoms with Crippen LogP contribution in [0.1, 0.15) is 11.1 Å². The molecule has 0 saturated carbocycles. The monoisotopic (exact) mass is 250 g/mol. The van der Waals surface area contributed by atoms with E-state index in [4.69, 9.17) is 11.6 Å². The molecule has 1 aromatic heterocycles. The molecule has 0 aliphatic rings. The molecule has 82 valence electrons. The average molecular weight is 251 g/mol. The Morgan fingerprint density at radius 3 is 2.94 bits per heavy atom. The minimum Gasteiger partial charge on any atom is -0.278 e. The molecule has 0 spiro atoms. The number of hydrazone groups is 1. The van der Waals surface area contributed by atoms with Gasteiger partial charge in [0.1, 0.15) is 0 Å². The molecule has 0 fully saturated rings. The molecule has 0 aliphatic carbocycles. The minimum atomic E-state index is 0.746. The topological polar surface area (TPSA) is 24.4 Å². The van der Waals surface area contributed by atoms with Crippen LogP contribution in [0.3, 0.4) is 0 Å². The van der Waals surface area contributed by atoms with E-state index in [2.05, 4.69) is 10.5 Å². The van der Waals surface area contributed by atoms with E-state index in [0.29, 0.717) is 0 Å². The van der Waals surface area contributed by atoms with Crippen LogP contribution in [0, 0.1) is 6.92 Å². The van der Waals surface area contributed by atoms with Crippen molar-refractivity contribution in [3.63, 3.8) is 0 Å². The zero-order valence-corrected chi connectivity index (χ0v) is 10.3. The number of nitrogens with zero attached hydrogens (tertiary/aromatic N) is 1. The minimum absolute atomic E-state index is 0.746. The molecule has 1 heterocycles. The molecule has 0 atom stereocenters. The van der Waals surface area contributed by atoms with E-state index >= 15 is 0 Å². The van der Waals surface area contributed by atoms with Crippen molar-refractivity contribution >= 4 is 34.8 Å². The summed E-state index contributed by atoms with van der Waals surface area (Å²) in [5, 5.41) is 8.93. The van der Waals surface area contributed by atoms with Crippen LogP contribution in [0.25, 0.3) is 0 Å². The lowest BCUT2D eigenvalue weighted by Gasteiger charge is -2.02. The van der Waals surface area contributed by atoms with Crippen LogP contribution in [0.4, 0.5) is 5.69 Å². The number of nitrogens with one attached hydrogen (secondary N) is 1. The molecule has 1 N–H and O–H groups in total. The molecule has 1 aromatic carbocycles. The molecule has 0 amide bonds. The Morgan fingerprint density at radius 1 is 1.38 bits per heavy atom. The van der Waals surface area contributed by atoms with Crippen molar-refractivity contribution in [1.29, 1.82) is 0 Å². The lowest BCUT2D eigenvalue weighted by molar-refractivity contribution is 1.34. The SMILES string of the molecule is Cc1ccc(N/N=C/c2ccsc2)cc1Cl. The normalized spacial score (nSPS) is 10.9. The molecule has 16 heavy (non-hydrogen) atoms. The summed E-state index contributed by atoms with van der Waals surface area (Å²) in [6.45, 7) is 1.97. The molecule has 2 aromatic rings. The fourth-order valence-corrected chi connectivity index (χ4v) is 1.98. The first-order valence-corrected chi connectivity index (χ1v) is 6.15. The molecule has 4 heteroatoms. The highest BCUT2D eigenvalue weighted by Gasteiger charge is 1.95. The van der Waals surface area contributed by atoms with Crippen molar-refractivity contribution in [2.45, 2.75) is 6.92 Å². The standard InChI is InChI=1S/C12H11ClN2S/c1-9-2-3-11(6-12(9)13)15-14-7-10-4-5-16-8-10/h2-8,15H,1H3/b14-7+. The smallest absolute Gasteiger partial charge is 0.0576 e. The lowest BCUT2D eigenvalue weighted by Crippen LogP contribution is -1.90. The number of hydrogen-bond acceptors (Lipinski definition) is 3. The predicted octanol–water partition coefficient (Wildman–Crippen LogP) is 4.16. The average Bonchev–Trinajstić information content (AvgIpc) is 2.76. The van der Waals surface area contributed by atoms with E-state index in [0.717, 1.165) is 21.8 Å². The van der Waals surface area contributed by atoms with Gasteiger partial charge in [-0.2, -0.15) is 16.4 Å². The van der Waals surface area contributed by atoms with Gasteiger partial charge in [0.05, 0.1) is 11.9 Å². The van der Waals surface area contributed by atoms with Crippen molar-refractivity contribution in [3.8, 4) is 0 Å². The third kappa shape index (κ3) is 2.84. The second-order valence-electron chi connectivity index (χ2n) is 3.39. The Hall–Kier alpha value is -1.32. The van der Waals surface area contributed by atoms with Gasteiger partial charge in [0.25, 0.3) is 0 Å². The molecule has 0 bridgehead atoms. The van der Waals surface area contributed by atoms with Gasteiger partial charge in [-0.15, -0.1) is 0 Å². The van der Waals surface area contributed by atoms with Gasteiger partial charge < -0.3 is 0 Å². The van der Waals surface area contributed by atoms with Crippen molar-refractivity contribution in [2.75, 3.05) is 5.43 Å². The van der Waals surface area contributed by atoms with E-state index < -0.39 is 0 Å². The number of thiophene rings is 1. The quantitative estimate of drug-likeness (QED) is 0.642. The number of rotatable bonds is 3. The van der Waals surface area contributed by atoms with Crippen LogP contribution in [0.5, 0.6) is 0 Å². The molecular weight excluding hydrogens is 240 g/mol. The highest BCUT2D eigenvalue weighted by molar-refractivity contribution is 7.08. The van der Waals surface area contributed by atoms with Gasteiger partial charge in [-0.25, -0.2) is 0 Å². The zero-order chi connectivity index (χ0) is 11.4. The van der Waals surface area contributed by atoms with Crippen LogP contribution in [0.2, 0.25) is 5.02 Å². The Bertz CT molecular complexity index is 492. The Kier molecular flexibility index (Phi) is 3.59. The van der Waals surface area contributed by atoms with E-state index in [1.165, 1.54) is 0 Å². The summed E-state index contributed by atoms with van der Waals surface area (Å²) in [5.74, 6) is 0. The summed E-state index contributed by atoms with van der Waals surface area (Å²) in [7, 11) is 0. The van der Waals surface area contributed by atoms with Gasteiger partial charge in [0.2, 0.25) is 0 Å². The first-order chi connectivity index (χ1) is 7.75. The maximum absolute atomic E-state index is 6.00. The predicted molar refractivity (Wildman–Crippen MR) is 71.7 cm³/mol. The first-order valence-electron chi connectivity index (χ1n) is 4.83. The lowest BCUT2D eigenvalue weighted by atomic mass is 10.2. The fraction of sp³-hybridized carbons (Fsp3) is 0.0833. The number of halogens is 1. The van der Waals surface area contributed by atoms with E-state index in [1.54, 1.807) is 17.6 Å². The third-order valence-corrected chi connectivity index (χ3v) is 3.23. The van der Waals surface area contributed by atoms with Gasteiger partial charge in [0, 0.05) is 10.6 Å². The van der Waals surface area contributed by atoms with Gasteiger partial charge in [-0.3, -0.25) is 5.43 Å². The highest BCUT2D eigenvalue weighted by Crippen LogP contribution is 2.19. The largest absolute Gasteiger partial charge is 0.278 e. The molecule has 0 saturated heterocycles. The van der Waals surface area contributed by atoms with Crippen molar-refractivity contribution < 1.29 is 0 Å². The molecule has 0 aliphatic heterocycles. The Labute approximate surface area is 104 Å². The van der Waals surface area contributed by atoms with Crippen LogP contribution in [-0.2, 0) is 0 Å². The summed E-state index contributed by atoms with van der Waals surface area (Å²) < 4.78 is 0. The van der Waals surface area contributed by atoms with E-state index in [9.17, 15) is 0 Å². The van der Waals surface area contributed by atoms with Gasteiger partial charge in [0.15, 0.2) is 0 Å². The summed E-state index contributed by atoms with van der Waals surface area (Å²) in [6.07, 6.45) is 1.78. The van der Waals surface area contributed by atoms with Crippen LogP contribution in [-0.4, -0.2) is 6.21 Å². The fourth-order valence-electron chi connectivity index (χ4n) is 1.19. The van der Waals surface area contributed by atoms with Crippen molar-refractivity contribution in [3.05, 3.63) is 51.2 Å². The van der Waals surface area contributed by atoms with Crippen LogP contribution in [0.15, 0.2) is 40.1 Å². The third-order valence-electron chi connectivity index (χ3n) is 2.12. The van der Waals surface area contributed by atoms with Gasteiger partial charge >= 0.3 is 0 Å². The second-order valence-corrected chi connectivity index (χ2v) is 4.58. The number of hydrogen-bond donors (Lipinski definition) is 1. The Balaban J connectivity index is 2.02. The van der Waals surface area contributed by atoms with E-state index in [-0.39, 0.29) is 0 Å². The maximum atomic E-state index is 6.00. The molecule has 0 radical (unpaired) electrons. The molecule has 2 rings (SSSR count). The number of benzene rings is 1. The Morgan fingerprint density at radius 2 is 2.25 bits per heavy atom. The van der Waals surface area contributed by atoms with E-state index in [1.807, 2.05) is 41.9 Å². The second kappa shape index (κ2) is 5.14. The highest BCUT2D eigenvalue weighted by atomic mass is 35.5.